The Kier molecular flexibility index (Phi) is 5.90. The number of anilines is 1. The molecule has 1 aliphatic heterocycles. The van der Waals surface area contributed by atoms with Crippen molar-refractivity contribution < 1.29 is 13.2 Å². The summed E-state index contributed by atoms with van der Waals surface area (Å²) >= 11 is 1.51. The van der Waals surface area contributed by atoms with Gasteiger partial charge in [0, 0.05) is 25.6 Å². The minimum atomic E-state index is -3.60. The van der Waals surface area contributed by atoms with Gasteiger partial charge in [0.05, 0.1) is 15.1 Å². The van der Waals surface area contributed by atoms with Gasteiger partial charge in [-0.15, -0.1) is 0 Å². The van der Waals surface area contributed by atoms with Gasteiger partial charge in [0.25, 0.3) is 0 Å². The number of carbonyl (C=O) groups excluding carboxylic acids is 1. The Hall–Kier alpha value is -2.81. The van der Waals surface area contributed by atoms with Crippen LogP contribution in [0.2, 0.25) is 0 Å². The van der Waals surface area contributed by atoms with Crippen molar-refractivity contribution in [1.29, 1.82) is 0 Å². The molecule has 1 fully saturated rings. The van der Waals surface area contributed by atoms with Crippen molar-refractivity contribution in [2.75, 3.05) is 24.5 Å². The molecule has 0 N–H and O–H groups in total. The lowest BCUT2D eigenvalue weighted by molar-refractivity contribution is -0.123. The predicted molar refractivity (Wildman–Crippen MR) is 133 cm³/mol. The van der Waals surface area contributed by atoms with Crippen LogP contribution in [0.15, 0.2) is 71.6 Å². The lowest BCUT2D eigenvalue weighted by Crippen LogP contribution is -2.44. The molecule has 0 aliphatic carbocycles. The molecule has 1 aromatic heterocycles. The number of amides is 1. The first kappa shape index (κ1) is 22.0. The summed E-state index contributed by atoms with van der Waals surface area (Å²) in [6, 6.07) is 20.8. The van der Waals surface area contributed by atoms with E-state index >= 15 is 0 Å². The molecule has 5 rings (SSSR count). The number of thiazole rings is 1. The van der Waals surface area contributed by atoms with Gasteiger partial charge in [-0.3, -0.25) is 9.69 Å². The smallest absolute Gasteiger partial charge is 0.243 e. The maximum Gasteiger partial charge on any atom is 0.243 e. The highest BCUT2D eigenvalue weighted by atomic mass is 32.2. The number of hydrogen-bond acceptors (Lipinski definition) is 5. The number of carbonyl (C=O) groups is 1. The number of piperidine rings is 1. The number of aromatic nitrogens is 1. The fraction of sp³-hybridized carbons (Fsp3) is 0.280. The summed E-state index contributed by atoms with van der Waals surface area (Å²) < 4.78 is 29.0. The molecule has 0 radical (unpaired) electrons. The van der Waals surface area contributed by atoms with Gasteiger partial charge >= 0.3 is 0 Å². The van der Waals surface area contributed by atoms with Crippen molar-refractivity contribution in [3.05, 3.63) is 66.7 Å². The van der Waals surface area contributed by atoms with Crippen LogP contribution in [0, 0.1) is 5.92 Å². The largest absolute Gasteiger partial charge is 0.288 e. The molecule has 1 saturated heterocycles. The molecule has 1 amide bonds. The minimum Gasteiger partial charge on any atom is -0.288 e. The van der Waals surface area contributed by atoms with Crippen LogP contribution < -0.4 is 4.90 Å². The van der Waals surface area contributed by atoms with E-state index in [9.17, 15) is 13.2 Å². The highest BCUT2D eigenvalue weighted by Crippen LogP contribution is 2.32. The highest BCUT2D eigenvalue weighted by Gasteiger charge is 2.34. The molecule has 1 aliphatic rings. The first-order valence-electron chi connectivity index (χ1n) is 11.1. The Bertz CT molecular complexity index is 1390. The summed E-state index contributed by atoms with van der Waals surface area (Å²) in [5, 5.41) is 2.61. The molecule has 0 atom stereocenters. The molecule has 0 spiro atoms. The molecule has 8 heteroatoms. The number of rotatable bonds is 5. The third-order valence-corrected chi connectivity index (χ3v) is 9.21. The monoisotopic (exact) mass is 479 g/mol. The highest BCUT2D eigenvalue weighted by molar-refractivity contribution is 7.89. The van der Waals surface area contributed by atoms with Gasteiger partial charge in [0.15, 0.2) is 5.13 Å². The van der Waals surface area contributed by atoms with E-state index in [4.69, 9.17) is 0 Å². The Balaban J connectivity index is 1.30. The average Bonchev–Trinajstić information content (AvgIpc) is 3.28. The van der Waals surface area contributed by atoms with Crippen LogP contribution in [0.3, 0.4) is 0 Å². The Morgan fingerprint density at radius 3 is 2.45 bits per heavy atom. The predicted octanol–water partition coefficient (Wildman–Crippen LogP) is 4.90. The molecule has 2 heterocycles. The van der Waals surface area contributed by atoms with Gasteiger partial charge in [0.2, 0.25) is 15.9 Å². The van der Waals surface area contributed by atoms with Gasteiger partial charge in [-0.1, -0.05) is 53.8 Å². The maximum atomic E-state index is 13.3. The van der Waals surface area contributed by atoms with Crippen LogP contribution in [-0.4, -0.2) is 43.2 Å². The molecule has 33 heavy (non-hydrogen) atoms. The second-order valence-corrected chi connectivity index (χ2v) is 11.2. The van der Waals surface area contributed by atoms with Gasteiger partial charge in [-0.05, 0) is 54.8 Å². The van der Waals surface area contributed by atoms with E-state index in [-0.39, 0.29) is 11.8 Å². The molecule has 6 nitrogen and oxygen atoms in total. The van der Waals surface area contributed by atoms with E-state index in [0.29, 0.717) is 42.5 Å². The molecular weight excluding hydrogens is 454 g/mol. The number of hydrogen-bond donors (Lipinski definition) is 0. The van der Waals surface area contributed by atoms with Crippen LogP contribution in [0.1, 0.15) is 19.8 Å². The average molecular weight is 480 g/mol. The van der Waals surface area contributed by atoms with Gasteiger partial charge in [-0.25, -0.2) is 13.4 Å². The second-order valence-electron chi connectivity index (χ2n) is 8.23. The molecule has 0 bridgehead atoms. The van der Waals surface area contributed by atoms with Crippen molar-refractivity contribution in [3.63, 3.8) is 0 Å². The van der Waals surface area contributed by atoms with Crippen molar-refractivity contribution in [2.24, 2.45) is 5.92 Å². The van der Waals surface area contributed by atoms with Crippen LogP contribution in [-0.2, 0) is 14.8 Å². The first-order valence-corrected chi connectivity index (χ1v) is 13.4. The van der Waals surface area contributed by atoms with Crippen LogP contribution in [0.4, 0.5) is 5.13 Å². The molecule has 4 aromatic rings. The van der Waals surface area contributed by atoms with Crippen LogP contribution >= 0.6 is 11.3 Å². The Morgan fingerprint density at radius 1 is 1.03 bits per heavy atom. The third kappa shape index (κ3) is 4.14. The summed E-state index contributed by atoms with van der Waals surface area (Å²) in [4.78, 5) is 20.0. The molecular formula is C25H25N3O3S2. The van der Waals surface area contributed by atoms with Gasteiger partial charge < -0.3 is 0 Å². The van der Waals surface area contributed by atoms with Crippen molar-refractivity contribution in [3.8, 4) is 0 Å². The lowest BCUT2D eigenvalue weighted by atomic mass is 9.96. The van der Waals surface area contributed by atoms with Crippen molar-refractivity contribution in [1.82, 2.24) is 9.29 Å². The van der Waals surface area contributed by atoms with E-state index in [1.54, 1.807) is 17.0 Å². The Morgan fingerprint density at radius 2 is 1.73 bits per heavy atom. The number of sulfonamides is 1. The zero-order valence-corrected chi connectivity index (χ0v) is 20.0. The van der Waals surface area contributed by atoms with Crippen molar-refractivity contribution >= 4 is 53.4 Å². The lowest BCUT2D eigenvalue weighted by Gasteiger charge is -2.32. The van der Waals surface area contributed by atoms with Crippen molar-refractivity contribution in [2.45, 2.75) is 24.7 Å². The number of nitrogens with zero attached hydrogens (tertiary/aromatic N) is 3. The topological polar surface area (TPSA) is 70.6 Å². The third-order valence-electron chi connectivity index (χ3n) is 6.26. The number of benzene rings is 3. The molecule has 0 unspecified atom stereocenters. The van der Waals surface area contributed by atoms with E-state index in [1.165, 1.54) is 15.6 Å². The fourth-order valence-corrected chi connectivity index (χ4v) is 6.94. The summed E-state index contributed by atoms with van der Waals surface area (Å²) in [5.41, 5.74) is 0.889. The summed E-state index contributed by atoms with van der Waals surface area (Å²) in [7, 11) is -3.60. The van der Waals surface area contributed by atoms with Gasteiger partial charge in [-0.2, -0.15) is 4.31 Å². The molecule has 3 aromatic carbocycles. The van der Waals surface area contributed by atoms with Crippen LogP contribution in [0.5, 0.6) is 0 Å². The van der Waals surface area contributed by atoms with E-state index in [0.717, 1.165) is 21.0 Å². The fourth-order valence-electron chi connectivity index (χ4n) is 4.40. The number of para-hydroxylation sites is 1. The summed E-state index contributed by atoms with van der Waals surface area (Å²) in [6.07, 6.45) is 1.01. The van der Waals surface area contributed by atoms with E-state index in [1.807, 2.05) is 61.5 Å². The molecule has 170 valence electrons. The minimum absolute atomic E-state index is 0.0271. The summed E-state index contributed by atoms with van der Waals surface area (Å²) in [6.45, 7) is 3.16. The maximum absolute atomic E-state index is 13.3. The summed E-state index contributed by atoms with van der Waals surface area (Å²) in [5.74, 6) is -0.181. The second kappa shape index (κ2) is 8.85. The van der Waals surface area contributed by atoms with Gasteiger partial charge in [0.1, 0.15) is 0 Å². The quantitative estimate of drug-likeness (QED) is 0.408. The first-order chi connectivity index (χ1) is 16.0. The zero-order chi connectivity index (χ0) is 23.0. The van der Waals surface area contributed by atoms with E-state index in [2.05, 4.69) is 4.98 Å². The zero-order valence-electron chi connectivity index (χ0n) is 18.3. The molecule has 0 saturated carbocycles. The van der Waals surface area contributed by atoms with Crippen LogP contribution in [0.25, 0.3) is 21.0 Å². The standard InChI is InChI=1S/C25H25N3O3S2/c1-2-28(25-26-22-9-5-6-10-23(22)32-25)24(29)19-13-15-27(16-14-19)33(30,31)21-12-11-18-7-3-4-8-20(18)17-21/h3-12,17,19H,2,13-16H2,1H3. The van der Waals surface area contributed by atoms with E-state index < -0.39 is 10.0 Å². The Labute approximate surface area is 197 Å². The SMILES string of the molecule is CCN(C(=O)C1CCN(S(=O)(=O)c2ccc3ccccc3c2)CC1)c1nc2ccccc2s1. The normalized spacial score (nSPS) is 15.8. The number of fused-ring (bicyclic) bond motifs is 2.